The summed E-state index contributed by atoms with van der Waals surface area (Å²) in [5.41, 5.74) is 13.2. The monoisotopic (exact) mass is 1580 g/mol. The number of nitrogens with zero attached hydrogens (tertiary/aromatic N) is 16. The van der Waals surface area contributed by atoms with Crippen LogP contribution in [0.4, 0.5) is 28.4 Å². The second-order valence-corrected chi connectivity index (χ2v) is 33.3. The molecule has 0 bridgehead atoms. The number of rotatable bonds is 10. The maximum atomic E-state index is 12.2. The Labute approximate surface area is 652 Å². The second kappa shape index (κ2) is 32.2. The maximum Gasteiger partial charge on any atom is 0.241 e. The molecule has 5 saturated heterocycles. The molecule has 0 unspecified atom stereocenters. The minimum absolute atomic E-state index is 0.0277. The molecule has 3 amide bonds. The number of sulfonamides is 1. The van der Waals surface area contributed by atoms with Gasteiger partial charge in [0.2, 0.25) is 27.7 Å². The van der Waals surface area contributed by atoms with Crippen molar-refractivity contribution in [2.45, 2.75) is 84.3 Å². The summed E-state index contributed by atoms with van der Waals surface area (Å²) in [7, 11) is 2.48. The lowest BCUT2D eigenvalue weighted by molar-refractivity contribution is -0.130. The van der Waals surface area contributed by atoms with E-state index >= 15 is 0 Å². The first-order valence-electron chi connectivity index (χ1n) is 36.4. The van der Waals surface area contributed by atoms with Crippen LogP contribution in [0.25, 0.3) is 54.5 Å². The Hall–Kier alpha value is -9.45. The molecule has 1 spiro atoms. The van der Waals surface area contributed by atoms with Crippen LogP contribution in [0.1, 0.15) is 75.9 Å². The van der Waals surface area contributed by atoms with Crippen LogP contribution in [0.5, 0.6) is 0 Å². The number of carbonyl (C=O) groups excluding carboxylic acids is 3. The Balaban J connectivity index is 0.000000120. The molecule has 6 aromatic heterocycles. The van der Waals surface area contributed by atoms with Gasteiger partial charge in [0, 0.05) is 223 Å². The number of fused-ring (bicyclic) bond motifs is 6. The zero-order valence-corrected chi connectivity index (χ0v) is 66.5. The predicted octanol–water partition coefficient (Wildman–Crippen LogP) is 9.73. The van der Waals surface area contributed by atoms with E-state index in [4.69, 9.17) is 46.4 Å². The van der Waals surface area contributed by atoms with Crippen molar-refractivity contribution in [1.82, 2.24) is 90.8 Å². The summed E-state index contributed by atoms with van der Waals surface area (Å²) in [6.07, 6.45) is 14.6. The molecule has 0 atom stereocenters. The minimum atomic E-state index is -3.24. The molecule has 11 aromatic rings. The number of piperidine rings is 2. The number of aromatic amines is 5. The molecule has 17 rings (SSSR count). The molecule has 12 heterocycles. The number of H-pyrrole nitrogens is 5. The van der Waals surface area contributed by atoms with Crippen molar-refractivity contribution in [3.63, 3.8) is 0 Å². The quantitative estimate of drug-likeness (QED) is 0.0631. The molecule has 576 valence electrons. The van der Waals surface area contributed by atoms with E-state index in [1.165, 1.54) is 23.2 Å². The highest BCUT2D eigenvalue weighted by molar-refractivity contribution is 7.88. The number of aryl methyl sites for hydroxylation is 1. The van der Waals surface area contributed by atoms with Gasteiger partial charge in [-0.1, -0.05) is 53.3 Å². The summed E-state index contributed by atoms with van der Waals surface area (Å²) < 4.78 is 27.4. The fourth-order valence-corrected chi connectivity index (χ4v) is 18.2. The molecule has 34 heteroatoms. The van der Waals surface area contributed by atoms with Gasteiger partial charge >= 0.3 is 0 Å². The van der Waals surface area contributed by atoms with Crippen molar-refractivity contribution in [2.75, 3.05) is 143 Å². The van der Waals surface area contributed by atoms with E-state index < -0.39 is 15.6 Å². The number of nitriles is 1. The number of benzene rings is 5. The molecule has 29 nitrogen and oxygen atoms in total. The van der Waals surface area contributed by atoms with Crippen LogP contribution < -0.4 is 40.4 Å². The second-order valence-electron chi connectivity index (χ2n) is 29.6. The number of likely N-dealkylation sites (N-methyl/N-ethyl adjacent to an activating group) is 1. The molecule has 0 radical (unpaired) electrons. The normalized spacial score (nSPS) is 17.9. The number of amides is 3. The summed E-state index contributed by atoms with van der Waals surface area (Å²) in [4.78, 5) is 51.1. The standard InChI is InChI=1S/C15H18ClN5O.C15H20ClN5O.C15H16ClN5.C15H19ClN4O.C15H19N5O2S/c1-20-9-17-14(22)15(20)2-4-21(5-3-15)13-7-10(16)6-12-11(13)8-18-19-12;1-11(22)17-2-3-20-4-6-21(7-5-20)15-9-12(16)8-14-13(15)10-18-19-14;1-9-12-8-21(4-3-13(12)19-20(9)2)15-6-10(16)5-14-11(15)7-17-18-14;1-15(14(21)17-2)3-5-20(6-4-15)13-8-10(16)7-12-11(13)9-18-19-12;1-15(2)10-19(6-7-20(15)23(3,21)22)13-5-4-11(8-16)14-12(13)9-17-18-14/h6-8H,2-5,9H2,1H3,(H,17,22)(H,18,19);8-10H,2-7H2,1H3,(H,17,22)(H,18,19);5-7H,3-4,8H2,1-2H3,(H,17,18);7-9H,3-6H2,1-2H3,(H,17,21)(H,18,19);4-5,9H,6-7,10H2,1-3H3,(H,17,18). The highest BCUT2D eigenvalue weighted by Gasteiger charge is 2.49. The molecule has 6 aliphatic heterocycles. The number of aromatic nitrogens is 12. The fraction of sp³-hybridized carbons (Fsp3) is 0.440. The Kier molecular flexibility index (Phi) is 23.0. The van der Waals surface area contributed by atoms with Crippen molar-refractivity contribution in [3.05, 3.63) is 134 Å². The molecule has 0 saturated carbocycles. The van der Waals surface area contributed by atoms with Crippen LogP contribution in [0.3, 0.4) is 0 Å². The van der Waals surface area contributed by atoms with Crippen LogP contribution in [0.2, 0.25) is 20.1 Å². The largest absolute Gasteiger partial charge is 0.371 e. The maximum absolute atomic E-state index is 12.2. The number of nitrogens with one attached hydrogen (secondary N) is 8. The predicted molar refractivity (Wildman–Crippen MR) is 432 cm³/mol. The lowest BCUT2D eigenvalue weighted by Gasteiger charge is -2.46. The molecule has 109 heavy (non-hydrogen) atoms. The molecule has 8 N–H and O–H groups in total. The number of halogens is 4. The van der Waals surface area contributed by atoms with E-state index in [1.54, 1.807) is 30.5 Å². The number of piperazine rings is 2. The van der Waals surface area contributed by atoms with E-state index in [0.29, 0.717) is 54.0 Å². The van der Waals surface area contributed by atoms with Crippen LogP contribution >= 0.6 is 46.4 Å². The smallest absolute Gasteiger partial charge is 0.241 e. The lowest BCUT2D eigenvalue weighted by atomic mass is 9.79. The highest BCUT2D eigenvalue weighted by atomic mass is 35.5. The molecular formula is C75H92Cl4N24O5S. The third-order valence-corrected chi connectivity index (χ3v) is 24.5. The SMILES string of the molecule is CC(=O)NCCN1CCN(c2cc(Cl)cc3[nH]ncc23)CC1.CC1(C)CN(c2ccc(C#N)c3[nH]ncc23)CCN1S(C)(=O)=O.CN1CNC(=O)C12CCN(c1cc(Cl)cc3[nH]ncc13)CC2.CNC(=O)C1(C)CCN(c2cc(Cl)cc3[nH]ncc23)CC1.Cc1c2c(nn1C)CCN(c1cc(Cl)cc3[nH]ncc13)C2. The third-order valence-electron chi connectivity index (χ3n) is 22.2. The first-order valence-corrected chi connectivity index (χ1v) is 39.8. The van der Waals surface area contributed by atoms with Crippen LogP contribution in [0.15, 0.2) is 91.6 Å². The topological polar surface area (TPSA) is 332 Å². The average molecular weight is 1580 g/mol. The van der Waals surface area contributed by atoms with Gasteiger partial charge in [-0.2, -0.15) is 40.2 Å². The van der Waals surface area contributed by atoms with E-state index in [9.17, 15) is 28.1 Å². The van der Waals surface area contributed by atoms with Gasteiger partial charge in [-0.05, 0) is 114 Å². The number of hydrogen-bond donors (Lipinski definition) is 8. The van der Waals surface area contributed by atoms with Crippen molar-refractivity contribution in [3.8, 4) is 6.07 Å². The van der Waals surface area contributed by atoms with Gasteiger partial charge < -0.3 is 40.4 Å². The number of anilines is 5. The number of carbonyl (C=O) groups is 3. The number of hydrogen-bond acceptors (Lipinski definition) is 19. The van der Waals surface area contributed by atoms with Crippen LogP contribution in [-0.4, -0.2) is 231 Å². The summed E-state index contributed by atoms with van der Waals surface area (Å²) in [5, 5.41) is 65.7. The summed E-state index contributed by atoms with van der Waals surface area (Å²) in [5.74, 6) is 0.316. The first-order chi connectivity index (χ1) is 52.1. The summed E-state index contributed by atoms with van der Waals surface area (Å²) in [6, 6.07) is 21.4. The minimum Gasteiger partial charge on any atom is -0.371 e. The van der Waals surface area contributed by atoms with Gasteiger partial charge in [0.15, 0.2) is 0 Å². The van der Waals surface area contributed by atoms with Gasteiger partial charge in [0.05, 0.1) is 82.7 Å². The van der Waals surface area contributed by atoms with Crippen molar-refractivity contribution in [2.24, 2.45) is 12.5 Å². The van der Waals surface area contributed by atoms with Crippen molar-refractivity contribution in [1.29, 1.82) is 5.26 Å². The zero-order valence-electron chi connectivity index (χ0n) is 62.6. The summed E-state index contributed by atoms with van der Waals surface area (Å²) in [6.45, 7) is 22.4. The Morgan fingerprint density at radius 1 is 0.606 bits per heavy atom. The molecule has 5 aromatic carbocycles. The van der Waals surface area contributed by atoms with E-state index in [1.807, 2.05) is 119 Å². The molecule has 0 aliphatic carbocycles. The molecular weight excluding hydrogens is 1490 g/mol. The Bertz CT molecular complexity index is 5310. The van der Waals surface area contributed by atoms with Gasteiger partial charge in [-0.15, -0.1) is 0 Å². The lowest BCUT2D eigenvalue weighted by Crippen LogP contribution is -2.60. The first kappa shape index (κ1) is 77.7. The molecule has 5 fully saturated rings. The summed E-state index contributed by atoms with van der Waals surface area (Å²) >= 11 is 24.9. The molecule has 6 aliphatic rings. The van der Waals surface area contributed by atoms with E-state index in [-0.39, 0.29) is 28.7 Å². The van der Waals surface area contributed by atoms with Crippen molar-refractivity contribution < 1.29 is 22.8 Å². The Morgan fingerprint density at radius 2 is 1.07 bits per heavy atom. The third kappa shape index (κ3) is 16.6. The van der Waals surface area contributed by atoms with Gasteiger partial charge in [-0.25, -0.2) is 8.42 Å². The van der Waals surface area contributed by atoms with Crippen LogP contribution in [-0.2, 0) is 44.4 Å². The van der Waals surface area contributed by atoms with E-state index in [0.717, 1.165) is 192 Å². The average Bonchev–Trinajstić information content (AvgIpc) is 1.53. The van der Waals surface area contributed by atoms with Crippen molar-refractivity contribution >= 4 is 157 Å². The Morgan fingerprint density at radius 3 is 1.53 bits per heavy atom. The highest BCUT2D eigenvalue weighted by Crippen LogP contribution is 2.41. The zero-order chi connectivity index (χ0) is 77.3. The van der Waals surface area contributed by atoms with Gasteiger partial charge in [0.1, 0.15) is 11.6 Å². The van der Waals surface area contributed by atoms with Gasteiger partial charge in [-0.3, -0.25) is 54.4 Å². The van der Waals surface area contributed by atoms with Crippen LogP contribution in [0, 0.1) is 23.7 Å². The van der Waals surface area contributed by atoms with Gasteiger partial charge in [0.25, 0.3) is 0 Å². The van der Waals surface area contributed by atoms with E-state index in [2.05, 4.69) is 119 Å². The fourth-order valence-electron chi connectivity index (χ4n) is 16.0.